The smallest absolute Gasteiger partial charge is 0.264 e. The number of fused-ring (bicyclic) bond motifs is 5. The number of hydrogen-bond acceptors (Lipinski definition) is 5. The van der Waals surface area contributed by atoms with Crippen LogP contribution in [-0.2, 0) is 9.59 Å². The molecule has 0 unspecified atom stereocenters. The van der Waals surface area contributed by atoms with E-state index in [1.54, 1.807) is 25.2 Å². The highest BCUT2D eigenvalue weighted by atomic mass is 35.5. The van der Waals surface area contributed by atoms with E-state index in [0.717, 1.165) is 32.4 Å². The number of nitrogens with one attached hydrogen (secondary N) is 2. The standard InChI is InChI=1S/C22H28N4O4.ClH/c1-25-17-8-13(5-6-19(17)30-12-21(25)28)22(29)24-11-18-15-7-14(9-23-10-15)16-3-2-4-20(27)26(16)18;/h5-6,8,14-16,18,23H,2-4,7,9-12H2,1H3,(H,24,29);1H/t14-,15+,16+,18+;/m1./s1. The van der Waals surface area contributed by atoms with E-state index in [1.165, 1.54) is 4.90 Å². The van der Waals surface area contributed by atoms with Crippen molar-refractivity contribution < 1.29 is 19.1 Å². The van der Waals surface area contributed by atoms with Crippen LogP contribution in [0.4, 0.5) is 5.69 Å². The van der Waals surface area contributed by atoms with Crippen molar-refractivity contribution in [2.45, 2.75) is 37.8 Å². The van der Waals surface area contributed by atoms with Crippen LogP contribution in [0.1, 0.15) is 36.0 Å². The average Bonchev–Trinajstić information content (AvgIpc) is 2.76. The molecule has 0 aliphatic carbocycles. The molecular weight excluding hydrogens is 420 g/mol. The van der Waals surface area contributed by atoms with Gasteiger partial charge in [0, 0.05) is 38.2 Å². The summed E-state index contributed by atoms with van der Waals surface area (Å²) >= 11 is 0. The molecule has 3 saturated heterocycles. The van der Waals surface area contributed by atoms with Crippen molar-refractivity contribution in [1.82, 2.24) is 15.5 Å². The highest BCUT2D eigenvalue weighted by molar-refractivity contribution is 6.01. The van der Waals surface area contributed by atoms with Crippen LogP contribution in [0.5, 0.6) is 5.75 Å². The summed E-state index contributed by atoms with van der Waals surface area (Å²) in [7, 11) is 1.68. The molecule has 0 saturated carbocycles. The lowest BCUT2D eigenvalue weighted by Crippen LogP contribution is -2.66. The number of benzene rings is 1. The maximum absolute atomic E-state index is 12.9. The zero-order valence-electron chi connectivity index (χ0n) is 17.6. The molecule has 1 aromatic carbocycles. The van der Waals surface area contributed by atoms with Crippen molar-refractivity contribution in [3.8, 4) is 5.75 Å². The summed E-state index contributed by atoms with van der Waals surface area (Å²) in [6, 6.07) is 5.45. The summed E-state index contributed by atoms with van der Waals surface area (Å²) in [5.41, 5.74) is 1.08. The normalized spacial score (nSPS) is 29.3. The van der Waals surface area contributed by atoms with Crippen LogP contribution >= 0.6 is 12.4 Å². The Morgan fingerprint density at radius 2 is 2.03 bits per heavy atom. The molecule has 3 fully saturated rings. The monoisotopic (exact) mass is 448 g/mol. The Morgan fingerprint density at radius 3 is 2.87 bits per heavy atom. The number of nitrogens with zero attached hydrogens (tertiary/aromatic N) is 2. The van der Waals surface area contributed by atoms with Gasteiger partial charge in [-0.1, -0.05) is 0 Å². The fourth-order valence-corrected chi connectivity index (χ4v) is 5.61. The van der Waals surface area contributed by atoms with Crippen LogP contribution in [0.2, 0.25) is 0 Å². The third kappa shape index (κ3) is 3.87. The average molecular weight is 449 g/mol. The molecule has 4 aliphatic heterocycles. The summed E-state index contributed by atoms with van der Waals surface area (Å²) in [4.78, 5) is 41.2. The molecule has 4 heterocycles. The van der Waals surface area contributed by atoms with Gasteiger partial charge in [-0.05, 0) is 55.8 Å². The molecule has 0 aromatic heterocycles. The van der Waals surface area contributed by atoms with Crippen molar-refractivity contribution >= 4 is 35.8 Å². The van der Waals surface area contributed by atoms with Gasteiger partial charge in [0.15, 0.2) is 6.61 Å². The predicted octanol–water partition coefficient (Wildman–Crippen LogP) is 1.18. The Balaban J connectivity index is 0.00000231. The fourth-order valence-electron chi connectivity index (χ4n) is 5.61. The Bertz CT molecular complexity index is 894. The Kier molecular flexibility index (Phi) is 6.12. The van der Waals surface area contributed by atoms with E-state index in [-0.39, 0.29) is 48.8 Å². The number of rotatable bonds is 3. The zero-order chi connectivity index (χ0) is 20.8. The van der Waals surface area contributed by atoms with Gasteiger partial charge in [-0.15, -0.1) is 12.4 Å². The quantitative estimate of drug-likeness (QED) is 0.724. The van der Waals surface area contributed by atoms with Gasteiger partial charge in [0.25, 0.3) is 11.8 Å². The van der Waals surface area contributed by atoms with Crippen molar-refractivity contribution in [3.63, 3.8) is 0 Å². The van der Waals surface area contributed by atoms with E-state index >= 15 is 0 Å². The summed E-state index contributed by atoms with van der Waals surface area (Å²) in [6.07, 6.45) is 3.74. The van der Waals surface area contributed by atoms with Crippen LogP contribution < -0.4 is 20.3 Å². The number of carbonyl (C=O) groups excluding carboxylic acids is 3. The van der Waals surface area contributed by atoms with E-state index in [1.807, 2.05) is 0 Å². The number of amides is 3. The number of ether oxygens (including phenoxy) is 1. The SMILES string of the molecule is CN1C(=O)COc2ccc(C(=O)NC[C@H]3[C@@H]4CNC[C@@H](C4)[C@@H]4CCCC(=O)N43)cc21.Cl. The lowest BCUT2D eigenvalue weighted by atomic mass is 9.72. The maximum Gasteiger partial charge on any atom is 0.264 e. The molecule has 4 atom stereocenters. The molecule has 8 nitrogen and oxygen atoms in total. The molecule has 31 heavy (non-hydrogen) atoms. The van der Waals surface area contributed by atoms with Gasteiger partial charge in [-0.25, -0.2) is 0 Å². The number of likely N-dealkylation sites (N-methyl/N-ethyl adjacent to an activating group) is 1. The minimum atomic E-state index is -0.198. The minimum Gasteiger partial charge on any atom is -0.482 e. The highest BCUT2D eigenvalue weighted by Crippen LogP contribution is 2.39. The second-order valence-electron chi connectivity index (χ2n) is 8.88. The molecule has 168 valence electrons. The van der Waals surface area contributed by atoms with Gasteiger partial charge in [0.1, 0.15) is 5.75 Å². The van der Waals surface area contributed by atoms with Crippen molar-refractivity contribution in [1.29, 1.82) is 0 Å². The molecule has 2 N–H and O–H groups in total. The summed E-state index contributed by atoms with van der Waals surface area (Å²) < 4.78 is 5.44. The van der Waals surface area contributed by atoms with Crippen molar-refractivity contribution in [2.24, 2.45) is 11.8 Å². The molecule has 1 aromatic rings. The predicted molar refractivity (Wildman–Crippen MR) is 118 cm³/mol. The van der Waals surface area contributed by atoms with Crippen LogP contribution in [0.15, 0.2) is 18.2 Å². The topological polar surface area (TPSA) is 91.0 Å². The van der Waals surface area contributed by atoms with Crippen LogP contribution in [0, 0.1) is 11.8 Å². The number of hydrogen-bond donors (Lipinski definition) is 2. The van der Waals surface area contributed by atoms with Gasteiger partial charge in [0.2, 0.25) is 5.91 Å². The third-order valence-electron chi connectivity index (χ3n) is 7.18. The largest absolute Gasteiger partial charge is 0.482 e. The van der Waals surface area contributed by atoms with Crippen molar-refractivity contribution in [3.05, 3.63) is 23.8 Å². The molecule has 5 rings (SSSR count). The van der Waals surface area contributed by atoms with E-state index in [4.69, 9.17) is 4.74 Å². The summed E-state index contributed by atoms with van der Waals surface area (Å²) in [6.45, 7) is 2.32. The van der Waals surface area contributed by atoms with Gasteiger partial charge in [-0.2, -0.15) is 0 Å². The van der Waals surface area contributed by atoms with Crippen LogP contribution in [0.3, 0.4) is 0 Å². The molecule has 4 aliphatic rings. The zero-order valence-corrected chi connectivity index (χ0v) is 18.5. The molecule has 3 amide bonds. The molecule has 0 spiro atoms. The van der Waals surface area contributed by atoms with Gasteiger partial charge in [0.05, 0.1) is 11.7 Å². The minimum absolute atomic E-state index is 0. The maximum atomic E-state index is 12.9. The first kappa shape index (κ1) is 21.9. The fraction of sp³-hybridized carbons (Fsp3) is 0.591. The second-order valence-corrected chi connectivity index (χ2v) is 8.88. The van der Waals surface area contributed by atoms with Gasteiger partial charge >= 0.3 is 0 Å². The Morgan fingerprint density at radius 1 is 1.23 bits per heavy atom. The summed E-state index contributed by atoms with van der Waals surface area (Å²) in [5.74, 6) is 1.37. The van der Waals surface area contributed by atoms with Crippen LogP contribution in [0.25, 0.3) is 0 Å². The molecule has 2 bridgehead atoms. The van der Waals surface area contributed by atoms with Crippen LogP contribution in [-0.4, -0.2) is 68.0 Å². The first-order chi connectivity index (χ1) is 14.5. The van der Waals surface area contributed by atoms with E-state index in [9.17, 15) is 14.4 Å². The first-order valence-electron chi connectivity index (χ1n) is 10.9. The Labute approximate surface area is 188 Å². The summed E-state index contributed by atoms with van der Waals surface area (Å²) in [5, 5.41) is 6.58. The van der Waals surface area contributed by atoms with E-state index < -0.39 is 0 Å². The molecule has 0 radical (unpaired) electrons. The number of anilines is 1. The van der Waals surface area contributed by atoms with E-state index in [2.05, 4.69) is 15.5 Å². The van der Waals surface area contributed by atoms with Gasteiger partial charge in [-0.3, -0.25) is 14.4 Å². The first-order valence-corrected chi connectivity index (χ1v) is 10.9. The van der Waals surface area contributed by atoms with E-state index in [0.29, 0.717) is 41.8 Å². The highest BCUT2D eigenvalue weighted by Gasteiger charge is 2.47. The third-order valence-corrected chi connectivity index (χ3v) is 7.18. The molecular formula is C22H29ClN4O4. The van der Waals surface area contributed by atoms with Gasteiger partial charge < -0.3 is 25.2 Å². The number of carbonyl (C=O) groups is 3. The molecule has 9 heteroatoms. The lowest BCUT2D eigenvalue weighted by molar-refractivity contribution is -0.148. The number of piperidine rings is 3. The lowest BCUT2D eigenvalue weighted by Gasteiger charge is -2.54. The van der Waals surface area contributed by atoms with Crippen molar-refractivity contribution in [2.75, 3.05) is 38.2 Å². The number of halogens is 1. The Hall–Kier alpha value is -2.32. The second kappa shape index (κ2) is 8.67.